The van der Waals surface area contributed by atoms with Gasteiger partial charge in [-0.3, -0.25) is 4.57 Å². The highest BCUT2D eigenvalue weighted by Gasteiger charge is 2.11. The summed E-state index contributed by atoms with van der Waals surface area (Å²) in [7, 11) is 0. The van der Waals surface area contributed by atoms with Crippen LogP contribution in [0.1, 0.15) is 0 Å². The van der Waals surface area contributed by atoms with Gasteiger partial charge in [-0.1, -0.05) is 42.5 Å². The van der Waals surface area contributed by atoms with E-state index in [4.69, 9.17) is 5.73 Å². The van der Waals surface area contributed by atoms with Crippen molar-refractivity contribution in [2.45, 2.75) is 0 Å². The van der Waals surface area contributed by atoms with Gasteiger partial charge in [0.2, 0.25) is 0 Å². The zero-order valence-electron chi connectivity index (χ0n) is 10.8. The fourth-order valence-electron chi connectivity index (χ4n) is 2.73. The van der Waals surface area contributed by atoms with Crippen LogP contribution in [0.3, 0.4) is 0 Å². The Morgan fingerprint density at radius 1 is 0.700 bits per heavy atom. The Morgan fingerprint density at radius 2 is 1.30 bits per heavy atom. The van der Waals surface area contributed by atoms with Crippen molar-refractivity contribution in [1.82, 2.24) is 9.55 Å². The van der Waals surface area contributed by atoms with Crippen LogP contribution >= 0.6 is 0 Å². The minimum atomic E-state index is 0.532. The zero-order valence-corrected chi connectivity index (χ0v) is 10.8. The van der Waals surface area contributed by atoms with E-state index < -0.39 is 0 Å². The third kappa shape index (κ3) is 1.50. The van der Waals surface area contributed by atoms with Crippen molar-refractivity contribution in [2.24, 2.45) is 0 Å². The molecule has 0 bridgehead atoms. The minimum Gasteiger partial charge on any atom is -0.384 e. The predicted octanol–water partition coefficient (Wildman–Crippen LogP) is 3.76. The second-order valence-corrected chi connectivity index (χ2v) is 4.79. The van der Waals surface area contributed by atoms with Crippen LogP contribution in [-0.4, -0.2) is 9.55 Å². The van der Waals surface area contributed by atoms with Gasteiger partial charge < -0.3 is 5.73 Å². The Morgan fingerprint density at radius 3 is 1.90 bits per heavy atom. The summed E-state index contributed by atoms with van der Waals surface area (Å²) in [4.78, 5) is 4.46. The summed E-state index contributed by atoms with van der Waals surface area (Å²) in [6, 6.07) is 22.4. The number of benzene rings is 2. The van der Waals surface area contributed by atoms with E-state index >= 15 is 0 Å². The lowest BCUT2D eigenvalue weighted by Gasteiger charge is -2.06. The molecule has 20 heavy (non-hydrogen) atoms. The molecule has 96 valence electrons. The molecule has 3 heteroatoms. The molecule has 0 saturated carbocycles. The van der Waals surface area contributed by atoms with Gasteiger partial charge in [0.1, 0.15) is 11.6 Å². The molecular formula is C17H13N3. The summed E-state index contributed by atoms with van der Waals surface area (Å²) in [5.41, 5.74) is 8.12. The largest absolute Gasteiger partial charge is 0.384 e. The Hall–Kier alpha value is -2.81. The molecule has 4 aromatic rings. The van der Waals surface area contributed by atoms with Crippen LogP contribution in [0, 0.1) is 0 Å². The fraction of sp³-hybridized carbons (Fsp3) is 0. The number of anilines is 1. The zero-order chi connectivity index (χ0) is 13.5. The van der Waals surface area contributed by atoms with E-state index in [0.29, 0.717) is 5.82 Å². The lowest BCUT2D eigenvalue weighted by molar-refractivity contribution is 1.09. The molecular weight excluding hydrogens is 246 g/mol. The Kier molecular flexibility index (Phi) is 2.27. The van der Waals surface area contributed by atoms with E-state index in [1.807, 2.05) is 24.3 Å². The number of fused-ring (bicyclic) bond motifs is 3. The molecule has 0 saturated heterocycles. The molecule has 0 spiro atoms. The molecule has 2 aromatic heterocycles. The van der Waals surface area contributed by atoms with Gasteiger partial charge in [-0.15, -0.1) is 0 Å². The van der Waals surface area contributed by atoms with Crippen LogP contribution in [0.4, 0.5) is 5.82 Å². The number of nitrogen functional groups attached to an aromatic ring is 1. The lowest BCUT2D eigenvalue weighted by atomic mass is 10.2. The summed E-state index contributed by atoms with van der Waals surface area (Å²) in [5.74, 6) is 1.38. The van der Waals surface area contributed by atoms with Gasteiger partial charge in [-0.25, -0.2) is 4.98 Å². The molecule has 2 aromatic carbocycles. The third-order valence-electron chi connectivity index (χ3n) is 3.57. The minimum absolute atomic E-state index is 0.532. The van der Waals surface area contributed by atoms with E-state index in [1.165, 1.54) is 10.8 Å². The summed E-state index contributed by atoms with van der Waals surface area (Å²) in [6.07, 6.45) is 0. The molecule has 4 rings (SSSR count). The van der Waals surface area contributed by atoms with Gasteiger partial charge in [-0.2, -0.15) is 0 Å². The van der Waals surface area contributed by atoms with E-state index in [-0.39, 0.29) is 0 Å². The van der Waals surface area contributed by atoms with Crippen LogP contribution in [0.5, 0.6) is 0 Å². The third-order valence-corrected chi connectivity index (χ3v) is 3.57. The van der Waals surface area contributed by atoms with Crippen LogP contribution in [0.25, 0.3) is 27.6 Å². The second kappa shape index (κ2) is 4.10. The maximum Gasteiger partial charge on any atom is 0.140 e. The summed E-state index contributed by atoms with van der Waals surface area (Å²) in [5, 5.41) is 2.46. The average Bonchev–Trinajstić information content (AvgIpc) is 2.82. The van der Waals surface area contributed by atoms with E-state index in [2.05, 4.69) is 45.9 Å². The first kappa shape index (κ1) is 11.1. The smallest absolute Gasteiger partial charge is 0.140 e. The summed E-state index contributed by atoms with van der Waals surface area (Å²) < 4.78 is 2.15. The van der Waals surface area contributed by atoms with Gasteiger partial charge in [0.05, 0.1) is 11.0 Å². The van der Waals surface area contributed by atoms with Crippen molar-refractivity contribution >= 4 is 27.6 Å². The first-order chi connectivity index (χ1) is 9.84. The van der Waals surface area contributed by atoms with Crippen LogP contribution in [0.2, 0.25) is 0 Å². The Balaban J connectivity index is 2.21. The van der Waals surface area contributed by atoms with Crippen LogP contribution in [0.15, 0.2) is 66.7 Å². The van der Waals surface area contributed by atoms with E-state index in [0.717, 1.165) is 16.9 Å². The van der Waals surface area contributed by atoms with Crippen molar-refractivity contribution in [3.63, 3.8) is 0 Å². The predicted molar refractivity (Wildman–Crippen MR) is 83.0 cm³/mol. The summed E-state index contributed by atoms with van der Waals surface area (Å²) in [6.45, 7) is 0. The Bertz CT molecular complexity index is 868. The number of hydrogen-bond donors (Lipinski definition) is 1. The quantitative estimate of drug-likeness (QED) is 0.565. The lowest BCUT2D eigenvalue weighted by Crippen LogP contribution is -1.99. The maximum absolute atomic E-state index is 5.83. The van der Waals surface area contributed by atoms with Crippen molar-refractivity contribution in [2.75, 3.05) is 5.73 Å². The average molecular weight is 259 g/mol. The Labute approximate surface area is 116 Å². The molecule has 0 aliphatic carbocycles. The van der Waals surface area contributed by atoms with Crippen molar-refractivity contribution in [3.05, 3.63) is 66.7 Å². The first-order valence-corrected chi connectivity index (χ1v) is 6.56. The van der Waals surface area contributed by atoms with Gasteiger partial charge in [0.25, 0.3) is 0 Å². The first-order valence-electron chi connectivity index (χ1n) is 6.56. The molecule has 0 unspecified atom stereocenters. The topological polar surface area (TPSA) is 43.8 Å². The number of pyridine rings is 1. The molecule has 0 amide bonds. The highest BCUT2D eigenvalue weighted by Crippen LogP contribution is 2.30. The fourth-order valence-corrected chi connectivity index (χ4v) is 2.73. The SMILES string of the molecule is Nc1cccc(-n2c3ccccc3c3ccccc32)n1. The molecule has 0 aliphatic heterocycles. The van der Waals surface area contributed by atoms with E-state index in [9.17, 15) is 0 Å². The van der Waals surface area contributed by atoms with Gasteiger partial charge in [0.15, 0.2) is 0 Å². The number of nitrogens with two attached hydrogens (primary N) is 1. The second-order valence-electron chi connectivity index (χ2n) is 4.79. The highest BCUT2D eigenvalue weighted by atomic mass is 15.1. The normalized spacial score (nSPS) is 11.2. The molecule has 2 N–H and O–H groups in total. The number of hydrogen-bond acceptors (Lipinski definition) is 2. The molecule has 3 nitrogen and oxygen atoms in total. The van der Waals surface area contributed by atoms with Crippen LogP contribution < -0.4 is 5.73 Å². The van der Waals surface area contributed by atoms with Gasteiger partial charge in [0, 0.05) is 10.8 Å². The molecule has 0 atom stereocenters. The van der Waals surface area contributed by atoms with Gasteiger partial charge >= 0.3 is 0 Å². The van der Waals surface area contributed by atoms with Crippen molar-refractivity contribution < 1.29 is 0 Å². The monoisotopic (exact) mass is 259 g/mol. The molecule has 0 fully saturated rings. The van der Waals surface area contributed by atoms with Crippen molar-refractivity contribution in [3.8, 4) is 5.82 Å². The van der Waals surface area contributed by atoms with Gasteiger partial charge in [-0.05, 0) is 24.3 Å². The number of nitrogens with zero attached hydrogens (tertiary/aromatic N) is 2. The van der Waals surface area contributed by atoms with E-state index in [1.54, 1.807) is 6.07 Å². The molecule has 0 radical (unpaired) electrons. The molecule has 2 heterocycles. The van der Waals surface area contributed by atoms with Crippen molar-refractivity contribution in [1.29, 1.82) is 0 Å². The van der Waals surface area contributed by atoms with Crippen LogP contribution in [-0.2, 0) is 0 Å². The number of aromatic nitrogens is 2. The highest BCUT2D eigenvalue weighted by molar-refractivity contribution is 6.09. The standard InChI is InChI=1S/C17H13N3/c18-16-10-5-11-17(19-16)20-14-8-3-1-6-12(14)13-7-2-4-9-15(13)20/h1-11H,(H2,18,19). The number of para-hydroxylation sites is 2. The maximum atomic E-state index is 5.83. The number of rotatable bonds is 1. The molecule has 0 aliphatic rings. The summed E-state index contributed by atoms with van der Waals surface area (Å²) >= 11 is 0.